The lowest BCUT2D eigenvalue weighted by Gasteiger charge is -1.51. The van der Waals surface area contributed by atoms with Gasteiger partial charge in [-0.05, 0) is 12.8 Å². The van der Waals surface area contributed by atoms with Crippen molar-refractivity contribution in [2.45, 2.75) is 12.8 Å². The van der Waals surface area contributed by atoms with Crippen LogP contribution >= 0.6 is 0 Å². The summed E-state index contributed by atoms with van der Waals surface area (Å²) in [5, 5.41) is 8.03. The first-order valence-corrected chi connectivity index (χ1v) is 1.68. The molecule has 1 saturated carbocycles. The average Bonchev–Trinajstić information content (AvgIpc) is 2.22. The van der Waals surface area contributed by atoms with Crippen molar-refractivity contribution in [1.82, 2.24) is 0 Å². The first kappa shape index (κ1) is 1.81. The summed E-state index contributed by atoms with van der Waals surface area (Å²) in [5.74, 6) is -0.653. The second-order valence-corrected chi connectivity index (χ2v) is 1.22. The zero-order chi connectivity index (χ0) is 4.62. The fraction of sp³-hybridized carbons (Fsp3) is 0.750. The minimum absolute atomic E-state index is 0.653. The summed E-state index contributed by atoms with van der Waals surface area (Å²) in [4.78, 5) is 0. The van der Waals surface area contributed by atoms with Gasteiger partial charge < -0.3 is 0 Å². The molecule has 1 nitrogen and oxygen atoms in total. The number of nitrogens with zero attached hydrogens (tertiary/aromatic N) is 1. The number of rotatable bonds is 0. The molecule has 1 rings (SSSR count). The predicted octanol–water partition coefficient (Wildman–Crippen LogP) is 0.920. The van der Waals surface area contributed by atoms with E-state index in [0.29, 0.717) is 0 Å². The topological polar surface area (TPSA) is 23.8 Å². The summed E-state index contributed by atoms with van der Waals surface area (Å²) in [7, 11) is 0. The molecule has 0 N–H and O–H groups in total. The molecule has 26 valence electrons. The Bertz CT molecular complexity index is 98.6. The smallest absolute Gasteiger partial charge is 0.0655 e. The van der Waals surface area contributed by atoms with Crippen LogP contribution in [0, 0.1) is 17.2 Å². The van der Waals surface area contributed by atoms with Gasteiger partial charge in [0.1, 0.15) is 0 Å². The van der Waals surface area contributed by atoms with Crippen LogP contribution in [-0.4, -0.2) is 0 Å². The van der Waals surface area contributed by atoms with Crippen LogP contribution in [0.5, 0.6) is 0 Å². The third-order valence-corrected chi connectivity index (χ3v) is 0.658. The molecule has 1 aliphatic carbocycles. The molecular formula is C4H5N. The molecule has 0 aromatic rings. The third-order valence-electron chi connectivity index (χ3n) is 0.658. The molecule has 0 aliphatic heterocycles. The van der Waals surface area contributed by atoms with E-state index >= 15 is 0 Å². The molecule has 0 amide bonds. The molecule has 0 atom stereocenters. The van der Waals surface area contributed by atoms with E-state index in [0.717, 1.165) is 12.8 Å². The summed E-state index contributed by atoms with van der Waals surface area (Å²) in [6, 6.07) is 1.88. The predicted molar refractivity (Wildman–Crippen MR) is 18.3 cm³/mol. The van der Waals surface area contributed by atoms with E-state index in [-0.39, 0.29) is 0 Å². The highest BCUT2D eigenvalue weighted by atomic mass is 14.3. The van der Waals surface area contributed by atoms with Crippen LogP contribution in [0.15, 0.2) is 0 Å². The van der Waals surface area contributed by atoms with Gasteiger partial charge in [0.2, 0.25) is 0 Å². The summed E-state index contributed by atoms with van der Waals surface area (Å²) in [5.41, 5.74) is 0. The van der Waals surface area contributed by atoms with E-state index in [1.807, 2.05) is 6.07 Å². The van der Waals surface area contributed by atoms with Gasteiger partial charge >= 0.3 is 0 Å². The van der Waals surface area contributed by atoms with Crippen molar-refractivity contribution in [3.05, 3.63) is 0 Å². The Morgan fingerprint density at radius 1 is 2.00 bits per heavy atom. The molecule has 0 bridgehead atoms. The number of hydrogen-bond acceptors (Lipinski definition) is 1. The molecule has 0 aromatic carbocycles. The van der Waals surface area contributed by atoms with Gasteiger partial charge in [0.15, 0.2) is 0 Å². The molecule has 0 unspecified atom stereocenters. The molecule has 1 fully saturated rings. The molecule has 0 spiro atoms. The summed E-state index contributed by atoms with van der Waals surface area (Å²) in [6.07, 6.45) is 1.56. The highest BCUT2D eigenvalue weighted by molar-refractivity contribution is 4.92. The van der Waals surface area contributed by atoms with E-state index in [9.17, 15) is 0 Å². The van der Waals surface area contributed by atoms with Crippen LogP contribution in [-0.2, 0) is 0 Å². The Morgan fingerprint density at radius 2 is 2.60 bits per heavy atom. The first-order chi connectivity index (χ1) is 2.77. The van der Waals surface area contributed by atoms with E-state index in [2.05, 4.69) is 0 Å². The second kappa shape index (κ2) is 0.718. The molecule has 5 heavy (non-hydrogen) atoms. The van der Waals surface area contributed by atoms with Gasteiger partial charge in [0, 0.05) is 7.26 Å². The maximum atomic E-state index is 8.03. The molecule has 1 heteroatoms. The minimum Gasteiger partial charge on any atom is -0.198 e. The normalized spacial score (nSPS) is 30.6. The SMILES string of the molecule is [2H]C1(C#N)CC1. The lowest BCUT2D eigenvalue weighted by molar-refractivity contribution is 1.13. The van der Waals surface area contributed by atoms with Gasteiger partial charge in [0.05, 0.1) is 6.07 Å². The van der Waals surface area contributed by atoms with E-state index in [1.54, 1.807) is 0 Å². The van der Waals surface area contributed by atoms with Gasteiger partial charge in [-0.1, -0.05) is 0 Å². The highest BCUT2D eigenvalue weighted by Crippen LogP contribution is 2.26. The second-order valence-electron chi connectivity index (χ2n) is 1.22. The monoisotopic (exact) mass is 68.0 g/mol. The summed E-state index contributed by atoms with van der Waals surface area (Å²) >= 11 is 0. The minimum atomic E-state index is -0.653. The largest absolute Gasteiger partial charge is 0.198 e. The van der Waals surface area contributed by atoms with Crippen LogP contribution in [0.4, 0.5) is 0 Å². The third kappa shape index (κ3) is 0.384. The lowest BCUT2D eigenvalue weighted by Crippen LogP contribution is -1.52. The Morgan fingerprint density at radius 3 is 2.60 bits per heavy atom. The van der Waals surface area contributed by atoms with Gasteiger partial charge in [-0.2, -0.15) is 5.26 Å². The zero-order valence-electron chi connectivity index (χ0n) is 3.86. The fourth-order valence-electron chi connectivity index (χ4n) is 0.174. The standard InChI is InChI=1S/C4H5N/c5-3-4-1-2-4/h4H,1-2H2/i4D. The maximum Gasteiger partial charge on any atom is 0.0655 e. The van der Waals surface area contributed by atoms with Crippen molar-refractivity contribution in [2.24, 2.45) is 5.89 Å². The van der Waals surface area contributed by atoms with Gasteiger partial charge in [0.25, 0.3) is 0 Å². The van der Waals surface area contributed by atoms with E-state index in [4.69, 9.17) is 6.63 Å². The van der Waals surface area contributed by atoms with Crippen molar-refractivity contribution in [2.75, 3.05) is 0 Å². The van der Waals surface area contributed by atoms with Crippen LogP contribution in [0.25, 0.3) is 0 Å². The quantitative estimate of drug-likeness (QED) is 0.414. The molecule has 0 radical (unpaired) electrons. The molecule has 1 aliphatic rings. The van der Waals surface area contributed by atoms with Crippen molar-refractivity contribution >= 4 is 0 Å². The fourth-order valence-corrected chi connectivity index (χ4v) is 0.174. The highest BCUT2D eigenvalue weighted by Gasteiger charge is 2.19. The summed E-state index contributed by atoms with van der Waals surface area (Å²) < 4.78 is 6.93. The van der Waals surface area contributed by atoms with Crippen LogP contribution in [0.1, 0.15) is 14.2 Å². The maximum absolute atomic E-state index is 8.03. The van der Waals surface area contributed by atoms with Crippen LogP contribution in [0.3, 0.4) is 0 Å². The Labute approximate surface area is 32.6 Å². The van der Waals surface area contributed by atoms with Crippen molar-refractivity contribution in [3.63, 3.8) is 0 Å². The van der Waals surface area contributed by atoms with Gasteiger partial charge in [-0.3, -0.25) is 0 Å². The lowest BCUT2D eigenvalue weighted by atomic mass is 10.5. The molecular weight excluding hydrogens is 62.1 g/mol. The number of nitriles is 1. The van der Waals surface area contributed by atoms with E-state index < -0.39 is 5.89 Å². The Hall–Kier alpha value is -0.510. The molecule has 0 saturated heterocycles. The number of hydrogen-bond donors (Lipinski definition) is 0. The van der Waals surface area contributed by atoms with E-state index in [1.165, 1.54) is 0 Å². The molecule has 0 aromatic heterocycles. The Balaban J connectivity index is 2.54. The van der Waals surface area contributed by atoms with Crippen LogP contribution in [0.2, 0.25) is 0 Å². The van der Waals surface area contributed by atoms with Crippen molar-refractivity contribution < 1.29 is 1.37 Å². The van der Waals surface area contributed by atoms with Crippen LogP contribution < -0.4 is 0 Å². The zero-order valence-corrected chi connectivity index (χ0v) is 2.86. The molecule has 0 heterocycles. The van der Waals surface area contributed by atoms with Gasteiger partial charge in [-0.15, -0.1) is 0 Å². The van der Waals surface area contributed by atoms with Crippen molar-refractivity contribution in [1.29, 1.82) is 5.26 Å². The first-order valence-electron chi connectivity index (χ1n) is 2.18. The average molecular weight is 68.1 g/mol. The van der Waals surface area contributed by atoms with Crippen molar-refractivity contribution in [3.8, 4) is 6.07 Å². The summed E-state index contributed by atoms with van der Waals surface area (Å²) in [6.45, 7) is 0. The Kier molecular flexibility index (Phi) is 0.261. The van der Waals surface area contributed by atoms with Gasteiger partial charge in [-0.25, -0.2) is 0 Å².